The molecular weight excluding hydrogens is 429 g/mol. The lowest BCUT2D eigenvalue weighted by Crippen LogP contribution is -2.50. The molecule has 3 amide bonds. The van der Waals surface area contributed by atoms with Gasteiger partial charge >= 0.3 is 0 Å². The van der Waals surface area contributed by atoms with Crippen LogP contribution in [0.2, 0.25) is 0 Å². The van der Waals surface area contributed by atoms with Crippen molar-refractivity contribution in [3.63, 3.8) is 0 Å². The molecule has 4 rings (SSSR count). The minimum atomic E-state index is -0.967. The van der Waals surface area contributed by atoms with Gasteiger partial charge in [0.15, 0.2) is 5.13 Å². The molecule has 164 valence electrons. The molecule has 1 aliphatic heterocycles. The van der Waals surface area contributed by atoms with Gasteiger partial charge in [-0.15, -0.1) is 11.3 Å². The van der Waals surface area contributed by atoms with Gasteiger partial charge in [0.1, 0.15) is 11.9 Å². The summed E-state index contributed by atoms with van der Waals surface area (Å²) in [5.41, 5.74) is 2.00. The average Bonchev–Trinajstić information content (AvgIpc) is 3.26. The van der Waals surface area contributed by atoms with Crippen molar-refractivity contribution in [3.05, 3.63) is 70.4 Å². The number of anilines is 1. The summed E-state index contributed by atoms with van der Waals surface area (Å²) < 4.78 is 13.3. The minimum Gasteiger partial charge on any atom is -0.300 e. The van der Waals surface area contributed by atoms with E-state index in [0.29, 0.717) is 28.4 Å². The van der Waals surface area contributed by atoms with E-state index < -0.39 is 23.8 Å². The summed E-state index contributed by atoms with van der Waals surface area (Å²) in [4.78, 5) is 45.7. The van der Waals surface area contributed by atoms with E-state index in [1.165, 1.54) is 23.5 Å². The van der Waals surface area contributed by atoms with Gasteiger partial charge in [-0.25, -0.2) is 9.37 Å². The molecule has 8 heteroatoms. The predicted octanol–water partition coefficient (Wildman–Crippen LogP) is 4.91. The normalized spacial score (nSPS) is 14.9. The lowest BCUT2D eigenvalue weighted by molar-refractivity contribution is -0.121. The van der Waals surface area contributed by atoms with Crippen molar-refractivity contribution in [1.29, 1.82) is 0 Å². The van der Waals surface area contributed by atoms with E-state index >= 15 is 0 Å². The highest BCUT2D eigenvalue weighted by Gasteiger charge is 2.44. The SMILES string of the molecule is CCC(C)C(C(=O)Nc1nc(-c2ccc(F)cc2)c(C)s1)N1C(=O)c2ccccc2C1=O. The van der Waals surface area contributed by atoms with E-state index in [1.54, 1.807) is 36.4 Å². The number of aryl methyl sites for hydroxylation is 1. The van der Waals surface area contributed by atoms with E-state index in [2.05, 4.69) is 10.3 Å². The number of benzene rings is 2. The van der Waals surface area contributed by atoms with Crippen LogP contribution in [-0.4, -0.2) is 33.6 Å². The number of hydrogen-bond donors (Lipinski definition) is 1. The van der Waals surface area contributed by atoms with Crippen molar-refractivity contribution in [2.45, 2.75) is 33.2 Å². The predicted molar refractivity (Wildman–Crippen MR) is 121 cm³/mol. The van der Waals surface area contributed by atoms with Crippen LogP contribution in [0.1, 0.15) is 45.9 Å². The topological polar surface area (TPSA) is 79.4 Å². The number of nitrogens with one attached hydrogen (secondary N) is 1. The van der Waals surface area contributed by atoms with Crippen molar-refractivity contribution in [2.75, 3.05) is 5.32 Å². The Balaban J connectivity index is 1.62. The summed E-state index contributed by atoms with van der Waals surface area (Å²) >= 11 is 1.28. The van der Waals surface area contributed by atoms with Crippen LogP contribution in [0.3, 0.4) is 0 Å². The summed E-state index contributed by atoms with van der Waals surface area (Å²) in [5.74, 6) is -1.99. The number of hydrogen-bond acceptors (Lipinski definition) is 5. The summed E-state index contributed by atoms with van der Waals surface area (Å²) in [6.45, 7) is 5.61. The molecule has 0 aliphatic carbocycles. The lowest BCUT2D eigenvalue weighted by Gasteiger charge is -2.29. The minimum absolute atomic E-state index is 0.255. The molecule has 0 spiro atoms. The standard InChI is InChI=1S/C24H22FN3O3S/c1-4-13(2)20(28-22(30)17-7-5-6-8-18(17)23(28)31)21(29)27-24-26-19(14(3)32-24)15-9-11-16(25)12-10-15/h5-13,20H,4H2,1-3H3,(H,26,27,29). The van der Waals surface area contributed by atoms with Crippen LogP contribution in [0, 0.1) is 18.7 Å². The molecule has 0 saturated heterocycles. The first kappa shape index (κ1) is 21.8. The second-order valence-corrected chi connectivity index (χ2v) is 8.98. The molecule has 0 fully saturated rings. The third-order valence-electron chi connectivity index (χ3n) is 5.70. The van der Waals surface area contributed by atoms with E-state index in [-0.39, 0.29) is 11.7 Å². The Hall–Kier alpha value is -3.39. The molecule has 0 radical (unpaired) electrons. The smallest absolute Gasteiger partial charge is 0.262 e. The maximum Gasteiger partial charge on any atom is 0.262 e. The van der Waals surface area contributed by atoms with E-state index in [9.17, 15) is 18.8 Å². The molecular formula is C24H22FN3O3S. The monoisotopic (exact) mass is 451 g/mol. The van der Waals surface area contributed by atoms with Crippen LogP contribution in [-0.2, 0) is 4.79 Å². The Morgan fingerprint density at radius 3 is 2.25 bits per heavy atom. The summed E-state index contributed by atoms with van der Waals surface area (Å²) in [7, 11) is 0. The van der Waals surface area contributed by atoms with Gasteiger partial charge in [0.2, 0.25) is 5.91 Å². The Morgan fingerprint density at radius 2 is 1.69 bits per heavy atom. The second-order valence-electron chi connectivity index (χ2n) is 7.78. The van der Waals surface area contributed by atoms with Crippen molar-refractivity contribution in [1.82, 2.24) is 9.88 Å². The molecule has 1 aliphatic rings. The van der Waals surface area contributed by atoms with E-state index in [4.69, 9.17) is 0 Å². The summed E-state index contributed by atoms with van der Waals surface area (Å²) in [6, 6.07) is 11.6. The van der Waals surface area contributed by atoms with E-state index in [0.717, 1.165) is 15.3 Å². The molecule has 1 N–H and O–H groups in total. The Morgan fingerprint density at radius 1 is 1.09 bits per heavy atom. The lowest BCUT2D eigenvalue weighted by atomic mass is 9.96. The first-order valence-electron chi connectivity index (χ1n) is 10.3. The first-order chi connectivity index (χ1) is 15.3. The Kier molecular flexibility index (Phi) is 5.88. The number of nitrogens with zero attached hydrogens (tertiary/aromatic N) is 2. The van der Waals surface area contributed by atoms with Gasteiger partial charge in [-0.05, 0) is 49.2 Å². The number of carbonyl (C=O) groups is 3. The van der Waals surface area contributed by atoms with Gasteiger partial charge in [-0.3, -0.25) is 19.3 Å². The second kappa shape index (κ2) is 8.63. The van der Waals surface area contributed by atoms with Gasteiger partial charge in [0.25, 0.3) is 11.8 Å². The van der Waals surface area contributed by atoms with Crippen LogP contribution in [0.5, 0.6) is 0 Å². The zero-order valence-corrected chi connectivity index (χ0v) is 18.7. The van der Waals surface area contributed by atoms with Gasteiger partial charge in [-0.1, -0.05) is 32.4 Å². The molecule has 0 bridgehead atoms. The van der Waals surface area contributed by atoms with Gasteiger partial charge < -0.3 is 5.32 Å². The van der Waals surface area contributed by atoms with Crippen LogP contribution in [0.15, 0.2) is 48.5 Å². The van der Waals surface area contributed by atoms with Crippen molar-refractivity contribution >= 4 is 34.2 Å². The number of rotatable bonds is 6. The zero-order valence-electron chi connectivity index (χ0n) is 17.9. The van der Waals surface area contributed by atoms with Crippen LogP contribution in [0.25, 0.3) is 11.3 Å². The van der Waals surface area contributed by atoms with E-state index in [1.807, 2.05) is 20.8 Å². The molecule has 2 unspecified atom stereocenters. The summed E-state index contributed by atoms with van der Waals surface area (Å²) in [6.07, 6.45) is 0.600. The molecule has 0 saturated carbocycles. The maximum atomic E-state index is 13.3. The van der Waals surface area contributed by atoms with Crippen molar-refractivity contribution < 1.29 is 18.8 Å². The Bertz CT molecular complexity index is 1170. The molecule has 2 heterocycles. The number of carbonyl (C=O) groups excluding carboxylic acids is 3. The quantitative estimate of drug-likeness (QED) is 0.540. The molecule has 32 heavy (non-hydrogen) atoms. The fraction of sp³-hybridized carbons (Fsp3) is 0.250. The fourth-order valence-corrected chi connectivity index (χ4v) is 4.66. The van der Waals surface area contributed by atoms with Crippen molar-refractivity contribution in [3.8, 4) is 11.3 Å². The molecule has 1 aromatic heterocycles. The third kappa shape index (κ3) is 3.82. The number of halogens is 1. The largest absolute Gasteiger partial charge is 0.300 e. The highest BCUT2D eigenvalue weighted by Crippen LogP contribution is 2.32. The average molecular weight is 452 g/mol. The first-order valence-corrected chi connectivity index (χ1v) is 11.1. The van der Waals surface area contributed by atoms with Crippen LogP contribution < -0.4 is 5.32 Å². The molecule has 2 aromatic carbocycles. The zero-order chi connectivity index (χ0) is 23.0. The van der Waals surface area contributed by atoms with Gasteiger partial charge in [0.05, 0.1) is 16.8 Å². The molecule has 2 atom stereocenters. The Labute approximate surface area is 189 Å². The highest BCUT2D eigenvalue weighted by atomic mass is 32.1. The molecule has 3 aromatic rings. The highest BCUT2D eigenvalue weighted by molar-refractivity contribution is 7.16. The van der Waals surface area contributed by atoms with Gasteiger partial charge in [0, 0.05) is 10.4 Å². The van der Waals surface area contributed by atoms with Crippen molar-refractivity contribution in [2.24, 2.45) is 5.92 Å². The third-order valence-corrected chi connectivity index (χ3v) is 6.59. The number of aromatic nitrogens is 1. The number of amides is 3. The number of fused-ring (bicyclic) bond motifs is 1. The van der Waals surface area contributed by atoms with Crippen LogP contribution in [0.4, 0.5) is 9.52 Å². The maximum absolute atomic E-state index is 13.3. The number of thiazole rings is 1. The van der Waals surface area contributed by atoms with Gasteiger partial charge in [-0.2, -0.15) is 0 Å². The number of imide groups is 1. The molecule has 6 nitrogen and oxygen atoms in total. The van der Waals surface area contributed by atoms with Crippen LogP contribution >= 0.6 is 11.3 Å². The fourth-order valence-electron chi connectivity index (χ4n) is 3.82. The summed E-state index contributed by atoms with van der Waals surface area (Å²) in [5, 5.41) is 3.15.